The van der Waals surface area contributed by atoms with Crippen molar-refractivity contribution in [2.24, 2.45) is 0 Å². The Kier molecular flexibility index (Phi) is 7.01. The molecular weight excluding hydrogens is 198 g/mol. The monoisotopic (exact) mass is 227 g/mol. The number of rotatable bonds is 7. The standard InChI is InChI=1S/C13H29N3/c1-13(2)16-11-9-15(10-12-16)8-6-4-5-7-14-3/h13-14H,4-12H2,1-3H3. The Bertz CT molecular complexity index is 163. The van der Waals surface area contributed by atoms with E-state index in [-0.39, 0.29) is 0 Å². The molecule has 3 heteroatoms. The molecule has 96 valence electrons. The fourth-order valence-electron chi connectivity index (χ4n) is 2.32. The minimum atomic E-state index is 0.720. The zero-order valence-corrected chi connectivity index (χ0v) is 11.3. The summed E-state index contributed by atoms with van der Waals surface area (Å²) in [5, 5.41) is 3.20. The highest BCUT2D eigenvalue weighted by Gasteiger charge is 2.17. The molecular formula is C13H29N3. The SMILES string of the molecule is CNCCCCCN1CCN(C(C)C)CC1. The zero-order valence-electron chi connectivity index (χ0n) is 11.3. The van der Waals surface area contributed by atoms with Crippen LogP contribution in [0.5, 0.6) is 0 Å². The number of piperazine rings is 1. The Balaban J connectivity index is 1.99. The van der Waals surface area contributed by atoms with E-state index in [1.165, 1.54) is 58.5 Å². The van der Waals surface area contributed by atoms with Crippen molar-refractivity contribution in [1.82, 2.24) is 15.1 Å². The third-order valence-electron chi connectivity index (χ3n) is 3.54. The smallest absolute Gasteiger partial charge is 0.0113 e. The van der Waals surface area contributed by atoms with Crippen LogP contribution in [-0.4, -0.2) is 62.2 Å². The van der Waals surface area contributed by atoms with Crippen LogP contribution in [0.15, 0.2) is 0 Å². The van der Waals surface area contributed by atoms with E-state index < -0.39 is 0 Å². The van der Waals surface area contributed by atoms with Crippen molar-refractivity contribution in [3.05, 3.63) is 0 Å². The summed E-state index contributed by atoms with van der Waals surface area (Å²) < 4.78 is 0. The quantitative estimate of drug-likeness (QED) is 0.663. The molecule has 1 aliphatic rings. The van der Waals surface area contributed by atoms with Crippen molar-refractivity contribution in [3.8, 4) is 0 Å². The van der Waals surface area contributed by atoms with Crippen LogP contribution in [0.2, 0.25) is 0 Å². The molecule has 0 spiro atoms. The molecule has 0 aromatic rings. The summed E-state index contributed by atoms with van der Waals surface area (Å²) in [5.74, 6) is 0. The second-order valence-electron chi connectivity index (χ2n) is 5.14. The van der Waals surface area contributed by atoms with Gasteiger partial charge < -0.3 is 10.2 Å². The average molecular weight is 227 g/mol. The molecule has 1 fully saturated rings. The molecule has 0 saturated carbocycles. The number of unbranched alkanes of at least 4 members (excludes halogenated alkanes) is 2. The van der Waals surface area contributed by atoms with Gasteiger partial charge in [0, 0.05) is 32.2 Å². The Morgan fingerprint density at radius 2 is 1.69 bits per heavy atom. The lowest BCUT2D eigenvalue weighted by Crippen LogP contribution is -2.48. The van der Waals surface area contributed by atoms with Crippen LogP contribution in [0.25, 0.3) is 0 Å². The van der Waals surface area contributed by atoms with E-state index in [4.69, 9.17) is 0 Å². The van der Waals surface area contributed by atoms with Gasteiger partial charge in [0.2, 0.25) is 0 Å². The van der Waals surface area contributed by atoms with Gasteiger partial charge in [-0.05, 0) is 46.8 Å². The number of hydrogen-bond acceptors (Lipinski definition) is 3. The highest BCUT2D eigenvalue weighted by Crippen LogP contribution is 2.07. The highest BCUT2D eigenvalue weighted by molar-refractivity contribution is 4.73. The van der Waals surface area contributed by atoms with Gasteiger partial charge in [0.25, 0.3) is 0 Å². The molecule has 3 nitrogen and oxygen atoms in total. The highest BCUT2D eigenvalue weighted by atomic mass is 15.3. The van der Waals surface area contributed by atoms with Gasteiger partial charge in [-0.25, -0.2) is 0 Å². The first-order valence-electron chi connectivity index (χ1n) is 6.85. The topological polar surface area (TPSA) is 18.5 Å². The fourth-order valence-corrected chi connectivity index (χ4v) is 2.32. The maximum atomic E-state index is 3.20. The maximum absolute atomic E-state index is 3.20. The van der Waals surface area contributed by atoms with Crippen molar-refractivity contribution in [3.63, 3.8) is 0 Å². The van der Waals surface area contributed by atoms with Gasteiger partial charge in [0.15, 0.2) is 0 Å². The molecule has 1 rings (SSSR count). The molecule has 0 aromatic carbocycles. The van der Waals surface area contributed by atoms with E-state index in [0.717, 1.165) is 6.04 Å². The summed E-state index contributed by atoms with van der Waals surface area (Å²) >= 11 is 0. The summed E-state index contributed by atoms with van der Waals surface area (Å²) in [6.07, 6.45) is 4.05. The molecule has 0 radical (unpaired) electrons. The van der Waals surface area contributed by atoms with E-state index >= 15 is 0 Å². The van der Waals surface area contributed by atoms with Gasteiger partial charge in [-0.2, -0.15) is 0 Å². The van der Waals surface area contributed by atoms with Gasteiger partial charge in [-0.15, -0.1) is 0 Å². The Morgan fingerprint density at radius 1 is 1.00 bits per heavy atom. The molecule has 0 amide bonds. The van der Waals surface area contributed by atoms with Gasteiger partial charge >= 0.3 is 0 Å². The van der Waals surface area contributed by atoms with Crippen LogP contribution < -0.4 is 5.32 Å². The molecule has 0 atom stereocenters. The van der Waals surface area contributed by atoms with Crippen LogP contribution in [0, 0.1) is 0 Å². The fraction of sp³-hybridized carbons (Fsp3) is 1.00. The number of hydrogen-bond donors (Lipinski definition) is 1. The molecule has 16 heavy (non-hydrogen) atoms. The van der Waals surface area contributed by atoms with Gasteiger partial charge in [-0.1, -0.05) is 6.42 Å². The van der Waals surface area contributed by atoms with Crippen LogP contribution in [0.3, 0.4) is 0 Å². The maximum Gasteiger partial charge on any atom is 0.0113 e. The van der Waals surface area contributed by atoms with Crippen molar-refractivity contribution in [2.75, 3.05) is 46.3 Å². The third kappa shape index (κ3) is 5.28. The van der Waals surface area contributed by atoms with E-state index in [0.29, 0.717) is 0 Å². The lowest BCUT2D eigenvalue weighted by molar-refractivity contribution is 0.107. The second kappa shape index (κ2) is 8.04. The van der Waals surface area contributed by atoms with Crippen molar-refractivity contribution in [2.45, 2.75) is 39.2 Å². The van der Waals surface area contributed by atoms with E-state index in [2.05, 4.69) is 29.0 Å². The van der Waals surface area contributed by atoms with Crippen LogP contribution in [0.4, 0.5) is 0 Å². The Labute approximate surface area is 101 Å². The first-order chi connectivity index (χ1) is 7.74. The molecule has 1 heterocycles. The summed E-state index contributed by atoms with van der Waals surface area (Å²) in [6.45, 7) is 12.1. The number of nitrogens with one attached hydrogen (secondary N) is 1. The molecule has 0 bridgehead atoms. The Morgan fingerprint density at radius 3 is 2.25 bits per heavy atom. The average Bonchev–Trinajstić information content (AvgIpc) is 2.29. The predicted molar refractivity (Wildman–Crippen MR) is 70.9 cm³/mol. The van der Waals surface area contributed by atoms with Crippen molar-refractivity contribution in [1.29, 1.82) is 0 Å². The summed E-state index contributed by atoms with van der Waals surface area (Å²) in [7, 11) is 2.03. The van der Waals surface area contributed by atoms with Crippen LogP contribution in [-0.2, 0) is 0 Å². The zero-order chi connectivity index (χ0) is 11.8. The third-order valence-corrected chi connectivity index (χ3v) is 3.54. The normalized spacial score (nSPS) is 19.5. The van der Waals surface area contributed by atoms with Crippen LogP contribution >= 0.6 is 0 Å². The summed E-state index contributed by atoms with van der Waals surface area (Å²) in [6, 6.07) is 0.720. The van der Waals surface area contributed by atoms with Gasteiger partial charge in [-0.3, -0.25) is 4.90 Å². The van der Waals surface area contributed by atoms with E-state index in [1.54, 1.807) is 0 Å². The summed E-state index contributed by atoms with van der Waals surface area (Å²) in [4.78, 5) is 5.20. The van der Waals surface area contributed by atoms with E-state index in [9.17, 15) is 0 Å². The Hall–Kier alpha value is -0.120. The van der Waals surface area contributed by atoms with Gasteiger partial charge in [0.1, 0.15) is 0 Å². The predicted octanol–water partition coefficient (Wildman–Crippen LogP) is 1.40. The molecule has 0 aromatic heterocycles. The first-order valence-corrected chi connectivity index (χ1v) is 6.85. The molecule has 1 N–H and O–H groups in total. The largest absolute Gasteiger partial charge is 0.320 e. The van der Waals surface area contributed by atoms with Gasteiger partial charge in [0.05, 0.1) is 0 Å². The van der Waals surface area contributed by atoms with E-state index in [1.807, 2.05) is 7.05 Å². The van der Waals surface area contributed by atoms with Crippen LogP contribution in [0.1, 0.15) is 33.1 Å². The molecule has 0 aliphatic carbocycles. The summed E-state index contributed by atoms with van der Waals surface area (Å²) in [5.41, 5.74) is 0. The molecule has 0 unspecified atom stereocenters. The van der Waals surface area contributed by atoms with Crippen molar-refractivity contribution >= 4 is 0 Å². The first kappa shape index (κ1) is 13.9. The minimum absolute atomic E-state index is 0.720. The lowest BCUT2D eigenvalue weighted by atomic mass is 10.2. The molecule has 1 aliphatic heterocycles. The molecule has 1 saturated heterocycles. The second-order valence-corrected chi connectivity index (χ2v) is 5.14. The number of nitrogens with zero attached hydrogens (tertiary/aromatic N) is 2. The lowest BCUT2D eigenvalue weighted by Gasteiger charge is -2.36. The van der Waals surface area contributed by atoms with Crippen molar-refractivity contribution < 1.29 is 0 Å². The minimum Gasteiger partial charge on any atom is -0.320 e.